The average Bonchev–Trinajstić information content (AvgIpc) is 3.19. The van der Waals surface area contributed by atoms with Crippen LogP contribution in [0.4, 0.5) is 0 Å². The molecule has 1 saturated heterocycles. The molecule has 1 aliphatic rings. The first-order valence-electron chi connectivity index (χ1n) is 9.33. The smallest absolute Gasteiger partial charge is 0.338 e. The van der Waals surface area contributed by atoms with Crippen molar-refractivity contribution in [3.8, 4) is 0 Å². The van der Waals surface area contributed by atoms with Crippen molar-refractivity contribution in [2.24, 2.45) is 7.05 Å². The van der Waals surface area contributed by atoms with Crippen LogP contribution in [0.5, 0.6) is 0 Å². The molecule has 1 aliphatic heterocycles. The summed E-state index contributed by atoms with van der Waals surface area (Å²) in [5.74, 6) is -1.63. The third-order valence-corrected chi connectivity index (χ3v) is 4.69. The molecule has 0 aliphatic carbocycles. The Morgan fingerprint density at radius 3 is 2.72 bits per heavy atom. The number of ether oxygens (including phenoxy) is 3. The maximum Gasteiger partial charge on any atom is 0.338 e. The van der Waals surface area contributed by atoms with E-state index in [-0.39, 0.29) is 23.1 Å². The summed E-state index contributed by atoms with van der Waals surface area (Å²) in [5.41, 5.74) is 2.06. The van der Waals surface area contributed by atoms with Gasteiger partial charge in [0, 0.05) is 19.4 Å². The highest BCUT2D eigenvalue weighted by Crippen LogP contribution is 2.24. The van der Waals surface area contributed by atoms with Crippen LogP contribution >= 0.6 is 0 Å². The molecule has 9 nitrogen and oxygen atoms in total. The van der Waals surface area contributed by atoms with E-state index in [0.717, 1.165) is 11.4 Å². The third kappa shape index (κ3) is 4.80. The third-order valence-electron chi connectivity index (χ3n) is 4.69. The van der Waals surface area contributed by atoms with Crippen molar-refractivity contribution in [2.45, 2.75) is 39.2 Å². The average molecular weight is 402 g/mol. The van der Waals surface area contributed by atoms with E-state index in [0.29, 0.717) is 19.7 Å². The van der Waals surface area contributed by atoms with Crippen LogP contribution in [-0.4, -0.2) is 63.7 Å². The zero-order valence-corrected chi connectivity index (χ0v) is 17.3. The molecule has 3 rings (SSSR count). The summed E-state index contributed by atoms with van der Waals surface area (Å²) in [6, 6.07) is 3.39. The minimum atomic E-state index is -0.700. The van der Waals surface area contributed by atoms with Gasteiger partial charge in [0.15, 0.2) is 5.79 Å². The van der Waals surface area contributed by atoms with Crippen LogP contribution in [-0.2, 0) is 27.8 Å². The van der Waals surface area contributed by atoms with Crippen molar-refractivity contribution in [2.75, 3.05) is 20.3 Å². The predicted octanol–water partition coefficient (Wildman–Crippen LogP) is 1.70. The van der Waals surface area contributed by atoms with Crippen LogP contribution in [0.2, 0.25) is 0 Å². The number of pyridine rings is 1. The van der Waals surface area contributed by atoms with E-state index in [1.165, 1.54) is 25.6 Å². The Hall–Kier alpha value is -2.78. The second-order valence-corrected chi connectivity index (χ2v) is 7.45. The number of esters is 1. The Balaban J connectivity index is 1.91. The molecule has 0 spiro atoms. The monoisotopic (exact) mass is 402 g/mol. The number of rotatable bonds is 6. The second kappa shape index (κ2) is 8.30. The number of hydrogen-bond donors (Lipinski definition) is 0. The van der Waals surface area contributed by atoms with Gasteiger partial charge in [0.25, 0.3) is 5.91 Å². The van der Waals surface area contributed by atoms with E-state index in [9.17, 15) is 9.59 Å². The van der Waals surface area contributed by atoms with E-state index in [1.54, 1.807) is 9.58 Å². The van der Waals surface area contributed by atoms with Gasteiger partial charge < -0.3 is 19.1 Å². The van der Waals surface area contributed by atoms with Gasteiger partial charge in [-0.2, -0.15) is 5.10 Å². The number of hydrogen-bond acceptors (Lipinski definition) is 7. The molecular formula is C20H26N4O5. The maximum absolute atomic E-state index is 13.4. The van der Waals surface area contributed by atoms with Crippen molar-refractivity contribution in [1.82, 2.24) is 19.7 Å². The zero-order chi connectivity index (χ0) is 21.2. The highest BCUT2D eigenvalue weighted by molar-refractivity contribution is 6.05. The van der Waals surface area contributed by atoms with Gasteiger partial charge in [-0.05, 0) is 32.9 Å². The summed E-state index contributed by atoms with van der Waals surface area (Å²) < 4.78 is 18.1. The topological polar surface area (TPSA) is 95.8 Å². The highest BCUT2D eigenvalue weighted by Gasteiger charge is 2.35. The SMILES string of the molecule is COC(=O)c1ccncc1C(=O)N(Cc1cc(C)nn1C)C[C@@H]1COC(C)(C)O1. The van der Waals surface area contributed by atoms with Crippen molar-refractivity contribution < 1.29 is 23.8 Å². The Kier molecular flexibility index (Phi) is 5.99. The predicted molar refractivity (Wildman–Crippen MR) is 103 cm³/mol. The molecule has 1 fully saturated rings. The molecular weight excluding hydrogens is 376 g/mol. The lowest BCUT2D eigenvalue weighted by Gasteiger charge is -2.26. The van der Waals surface area contributed by atoms with Crippen LogP contribution in [0.25, 0.3) is 0 Å². The summed E-state index contributed by atoms with van der Waals surface area (Å²) >= 11 is 0. The molecule has 0 N–H and O–H groups in total. The molecule has 3 heterocycles. The minimum absolute atomic E-state index is 0.169. The van der Waals surface area contributed by atoms with E-state index >= 15 is 0 Å². The quantitative estimate of drug-likeness (QED) is 0.679. The van der Waals surface area contributed by atoms with Gasteiger partial charge in [0.1, 0.15) is 6.10 Å². The van der Waals surface area contributed by atoms with Crippen molar-refractivity contribution in [3.63, 3.8) is 0 Å². The molecule has 0 bridgehead atoms. The first-order chi connectivity index (χ1) is 13.7. The summed E-state index contributed by atoms with van der Waals surface area (Å²) in [6.45, 7) is 6.52. The number of amides is 1. The fraction of sp³-hybridized carbons (Fsp3) is 0.500. The number of aromatic nitrogens is 3. The first kappa shape index (κ1) is 20.9. The second-order valence-electron chi connectivity index (χ2n) is 7.45. The molecule has 156 valence electrons. The molecule has 0 saturated carbocycles. The van der Waals surface area contributed by atoms with E-state index in [4.69, 9.17) is 14.2 Å². The van der Waals surface area contributed by atoms with E-state index in [2.05, 4.69) is 10.1 Å². The van der Waals surface area contributed by atoms with Gasteiger partial charge in [-0.15, -0.1) is 0 Å². The highest BCUT2D eigenvalue weighted by atomic mass is 16.7. The lowest BCUT2D eigenvalue weighted by molar-refractivity contribution is -0.139. The van der Waals surface area contributed by atoms with Crippen LogP contribution in [0, 0.1) is 6.92 Å². The Labute approximate surface area is 169 Å². The van der Waals surface area contributed by atoms with Gasteiger partial charge in [0.05, 0.1) is 49.3 Å². The fourth-order valence-corrected chi connectivity index (χ4v) is 3.35. The fourth-order valence-electron chi connectivity index (χ4n) is 3.35. The van der Waals surface area contributed by atoms with Crippen LogP contribution in [0.15, 0.2) is 24.5 Å². The Morgan fingerprint density at radius 2 is 2.14 bits per heavy atom. The van der Waals surface area contributed by atoms with Crippen LogP contribution in [0.1, 0.15) is 46.0 Å². The van der Waals surface area contributed by atoms with Gasteiger partial charge >= 0.3 is 5.97 Å². The zero-order valence-electron chi connectivity index (χ0n) is 17.3. The number of methoxy groups -OCH3 is 1. The molecule has 0 aromatic carbocycles. The molecule has 0 radical (unpaired) electrons. The Morgan fingerprint density at radius 1 is 1.38 bits per heavy atom. The molecule has 0 unspecified atom stereocenters. The molecule has 9 heteroatoms. The van der Waals surface area contributed by atoms with Gasteiger partial charge in [-0.3, -0.25) is 14.5 Å². The molecule has 29 heavy (non-hydrogen) atoms. The minimum Gasteiger partial charge on any atom is -0.465 e. The summed E-state index contributed by atoms with van der Waals surface area (Å²) in [4.78, 5) is 31.2. The molecule has 1 atom stereocenters. The van der Waals surface area contributed by atoms with Crippen molar-refractivity contribution in [3.05, 3.63) is 47.0 Å². The number of carbonyl (C=O) groups is 2. The maximum atomic E-state index is 13.4. The van der Waals surface area contributed by atoms with Crippen LogP contribution < -0.4 is 0 Å². The summed E-state index contributed by atoms with van der Waals surface area (Å²) in [6.07, 6.45) is 2.54. The Bertz CT molecular complexity index is 908. The standard InChI is InChI=1S/C20H26N4O5/c1-13-8-14(23(4)22-13)10-24(11-15-12-28-20(2,3)29-15)18(25)17-9-21-7-6-16(17)19(26)27-5/h6-9,15H,10-12H2,1-5H3/t15-/m1/s1. The summed E-state index contributed by atoms with van der Waals surface area (Å²) in [5, 5.41) is 4.35. The number of aryl methyl sites for hydroxylation is 2. The lowest BCUT2D eigenvalue weighted by Crippen LogP contribution is -2.39. The van der Waals surface area contributed by atoms with Gasteiger partial charge in [-0.25, -0.2) is 4.79 Å². The van der Waals surface area contributed by atoms with Gasteiger partial charge in [0.2, 0.25) is 0 Å². The van der Waals surface area contributed by atoms with Crippen molar-refractivity contribution >= 4 is 11.9 Å². The van der Waals surface area contributed by atoms with Gasteiger partial charge in [-0.1, -0.05) is 0 Å². The van der Waals surface area contributed by atoms with E-state index < -0.39 is 11.8 Å². The van der Waals surface area contributed by atoms with Crippen LogP contribution in [0.3, 0.4) is 0 Å². The molecule has 2 aromatic rings. The number of nitrogens with zero attached hydrogens (tertiary/aromatic N) is 4. The summed E-state index contributed by atoms with van der Waals surface area (Å²) in [7, 11) is 3.10. The first-order valence-corrected chi connectivity index (χ1v) is 9.33. The molecule has 2 aromatic heterocycles. The van der Waals surface area contributed by atoms with E-state index in [1.807, 2.05) is 33.9 Å². The van der Waals surface area contributed by atoms with Crippen molar-refractivity contribution in [1.29, 1.82) is 0 Å². The molecule has 1 amide bonds. The number of carbonyl (C=O) groups excluding carboxylic acids is 2. The largest absolute Gasteiger partial charge is 0.465 e. The lowest BCUT2D eigenvalue weighted by atomic mass is 10.1. The normalized spacial score (nSPS) is 17.9.